The fraction of sp³-hybridized carbons (Fsp3) is 0.667. The van der Waals surface area contributed by atoms with Gasteiger partial charge in [-0.2, -0.15) is 0 Å². The third kappa shape index (κ3) is 5.79. The molecule has 0 aliphatic carbocycles. The van der Waals surface area contributed by atoms with Crippen molar-refractivity contribution in [3.8, 4) is 0 Å². The molecule has 2 atom stereocenters. The predicted octanol–water partition coefficient (Wildman–Crippen LogP) is -0.900. The Morgan fingerprint density at radius 1 is 1.27 bits per heavy atom. The molecule has 0 saturated heterocycles. The van der Waals surface area contributed by atoms with Crippen LogP contribution in [0.25, 0.3) is 0 Å². The first-order valence-electron chi connectivity index (χ1n) is 4.56. The molecular formula is C9H16N2O4. The summed E-state index contributed by atoms with van der Waals surface area (Å²) < 4.78 is 4.83. The first-order chi connectivity index (χ1) is 6.84. The van der Waals surface area contributed by atoms with Crippen LogP contribution in [-0.4, -0.2) is 29.8 Å². The van der Waals surface area contributed by atoms with Crippen molar-refractivity contribution in [1.82, 2.24) is 0 Å². The second-order valence-electron chi connectivity index (χ2n) is 3.29. The Balaban J connectivity index is 4.36. The van der Waals surface area contributed by atoms with Crippen LogP contribution in [-0.2, 0) is 19.1 Å². The third-order valence-electron chi connectivity index (χ3n) is 1.86. The number of carbonyl (C=O) groups excluding carboxylic acids is 3. The highest BCUT2D eigenvalue weighted by Gasteiger charge is 2.24. The SMILES string of the molecule is CC(=O)OC(CCC(N)=O)C(N)C(C)=O. The number of ether oxygens (including phenoxy) is 1. The first-order valence-corrected chi connectivity index (χ1v) is 4.56. The van der Waals surface area contributed by atoms with E-state index < -0.39 is 24.0 Å². The highest BCUT2D eigenvalue weighted by molar-refractivity contribution is 5.82. The van der Waals surface area contributed by atoms with Gasteiger partial charge in [0.05, 0.1) is 0 Å². The molecule has 1 amide bonds. The minimum Gasteiger partial charge on any atom is -0.460 e. The van der Waals surface area contributed by atoms with Crippen molar-refractivity contribution in [2.24, 2.45) is 11.5 Å². The Morgan fingerprint density at radius 2 is 1.80 bits per heavy atom. The molecule has 0 heterocycles. The van der Waals surface area contributed by atoms with Gasteiger partial charge < -0.3 is 16.2 Å². The first kappa shape index (κ1) is 13.6. The van der Waals surface area contributed by atoms with Crippen LogP contribution in [0, 0.1) is 0 Å². The van der Waals surface area contributed by atoms with Gasteiger partial charge in [-0.1, -0.05) is 0 Å². The second-order valence-corrected chi connectivity index (χ2v) is 3.29. The molecule has 0 fully saturated rings. The largest absolute Gasteiger partial charge is 0.460 e. The molecule has 0 aliphatic rings. The molecule has 0 aromatic heterocycles. The number of rotatable bonds is 6. The minimum atomic E-state index is -0.909. The van der Waals surface area contributed by atoms with E-state index in [-0.39, 0.29) is 18.6 Å². The second kappa shape index (κ2) is 6.13. The molecule has 15 heavy (non-hydrogen) atoms. The maximum absolute atomic E-state index is 11.0. The normalized spacial score (nSPS) is 14.1. The van der Waals surface area contributed by atoms with E-state index in [1.807, 2.05) is 0 Å². The van der Waals surface area contributed by atoms with Gasteiger partial charge in [0.2, 0.25) is 5.91 Å². The van der Waals surface area contributed by atoms with Crippen molar-refractivity contribution in [1.29, 1.82) is 0 Å². The number of ketones is 1. The molecule has 0 spiro atoms. The third-order valence-corrected chi connectivity index (χ3v) is 1.86. The number of esters is 1. The molecule has 0 rings (SSSR count). The summed E-state index contributed by atoms with van der Waals surface area (Å²) in [5.41, 5.74) is 10.5. The average Bonchev–Trinajstić information content (AvgIpc) is 2.10. The number of primary amides is 1. The summed E-state index contributed by atoms with van der Waals surface area (Å²) in [5.74, 6) is -1.37. The molecule has 0 saturated carbocycles. The van der Waals surface area contributed by atoms with Crippen molar-refractivity contribution in [3.63, 3.8) is 0 Å². The molecule has 0 radical (unpaired) electrons. The zero-order valence-electron chi connectivity index (χ0n) is 8.86. The van der Waals surface area contributed by atoms with E-state index in [1.165, 1.54) is 13.8 Å². The molecule has 86 valence electrons. The van der Waals surface area contributed by atoms with Crippen LogP contribution in [0.2, 0.25) is 0 Å². The van der Waals surface area contributed by atoms with Gasteiger partial charge in [-0.25, -0.2) is 0 Å². The van der Waals surface area contributed by atoms with Crippen molar-refractivity contribution >= 4 is 17.7 Å². The monoisotopic (exact) mass is 216 g/mol. The lowest BCUT2D eigenvalue weighted by atomic mass is 10.0. The molecule has 4 N–H and O–H groups in total. The van der Waals surface area contributed by atoms with E-state index in [2.05, 4.69) is 0 Å². The Labute approximate surface area is 87.9 Å². The maximum atomic E-state index is 11.0. The number of carbonyl (C=O) groups is 3. The Bertz CT molecular complexity index is 265. The maximum Gasteiger partial charge on any atom is 0.302 e. The predicted molar refractivity (Wildman–Crippen MR) is 52.6 cm³/mol. The van der Waals surface area contributed by atoms with Gasteiger partial charge in [0.1, 0.15) is 17.9 Å². The zero-order valence-corrected chi connectivity index (χ0v) is 8.86. The Hall–Kier alpha value is -1.43. The number of nitrogens with two attached hydrogens (primary N) is 2. The summed E-state index contributed by atoms with van der Waals surface area (Å²) in [6.45, 7) is 2.51. The van der Waals surface area contributed by atoms with Crippen LogP contribution in [0.5, 0.6) is 0 Å². The molecule has 0 aromatic carbocycles. The number of amides is 1. The summed E-state index contributed by atoms with van der Waals surface area (Å²) in [5, 5.41) is 0. The van der Waals surface area contributed by atoms with Crippen molar-refractivity contribution < 1.29 is 19.1 Å². The molecular weight excluding hydrogens is 200 g/mol. The molecule has 6 heteroatoms. The summed E-state index contributed by atoms with van der Waals surface area (Å²) in [6.07, 6.45) is -0.596. The highest BCUT2D eigenvalue weighted by Crippen LogP contribution is 2.07. The van der Waals surface area contributed by atoms with Crippen LogP contribution < -0.4 is 11.5 Å². The van der Waals surface area contributed by atoms with Gasteiger partial charge in [-0.3, -0.25) is 14.4 Å². The fourth-order valence-corrected chi connectivity index (χ4v) is 1.07. The molecule has 0 aromatic rings. The van der Waals surface area contributed by atoms with E-state index in [0.29, 0.717) is 0 Å². The van der Waals surface area contributed by atoms with Crippen LogP contribution in [0.4, 0.5) is 0 Å². The van der Waals surface area contributed by atoms with E-state index >= 15 is 0 Å². The van der Waals surface area contributed by atoms with Crippen LogP contribution >= 0.6 is 0 Å². The number of Topliss-reactive ketones (excluding diaryl/α,β-unsaturated/α-hetero) is 1. The van der Waals surface area contributed by atoms with Gasteiger partial charge in [0.25, 0.3) is 0 Å². The summed E-state index contributed by atoms with van der Waals surface area (Å²) in [6, 6.07) is -0.909. The Kier molecular flexibility index (Phi) is 5.54. The quantitative estimate of drug-likeness (QED) is 0.559. The van der Waals surface area contributed by atoms with Gasteiger partial charge in [0.15, 0.2) is 0 Å². The fourth-order valence-electron chi connectivity index (χ4n) is 1.07. The van der Waals surface area contributed by atoms with E-state index in [0.717, 1.165) is 0 Å². The Morgan fingerprint density at radius 3 is 2.13 bits per heavy atom. The molecule has 0 aliphatic heterocycles. The molecule has 0 bridgehead atoms. The topological polar surface area (TPSA) is 112 Å². The molecule has 2 unspecified atom stereocenters. The lowest BCUT2D eigenvalue weighted by molar-refractivity contribution is -0.149. The van der Waals surface area contributed by atoms with Crippen molar-refractivity contribution in [2.75, 3.05) is 0 Å². The van der Waals surface area contributed by atoms with Crippen molar-refractivity contribution in [2.45, 2.75) is 38.8 Å². The molecule has 6 nitrogen and oxygen atoms in total. The summed E-state index contributed by atoms with van der Waals surface area (Å²) in [7, 11) is 0. The number of hydrogen-bond acceptors (Lipinski definition) is 5. The van der Waals surface area contributed by atoms with Gasteiger partial charge in [0, 0.05) is 13.3 Å². The van der Waals surface area contributed by atoms with Crippen LogP contribution in [0.3, 0.4) is 0 Å². The standard InChI is InChI=1S/C9H16N2O4/c1-5(12)9(11)7(15-6(2)13)3-4-8(10)14/h7,9H,3-4,11H2,1-2H3,(H2,10,14). The minimum absolute atomic E-state index is 0.0267. The zero-order chi connectivity index (χ0) is 12.0. The summed E-state index contributed by atoms with van der Waals surface area (Å²) in [4.78, 5) is 32.2. The van der Waals surface area contributed by atoms with Crippen LogP contribution in [0.1, 0.15) is 26.7 Å². The summed E-state index contributed by atoms with van der Waals surface area (Å²) >= 11 is 0. The van der Waals surface area contributed by atoms with Gasteiger partial charge in [-0.15, -0.1) is 0 Å². The van der Waals surface area contributed by atoms with Gasteiger partial charge in [-0.05, 0) is 13.3 Å². The smallest absolute Gasteiger partial charge is 0.302 e. The lowest BCUT2D eigenvalue weighted by Crippen LogP contribution is -2.43. The lowest BCUT2D eigenvalue weighted by Gasteiger charge is -2.20. The van der Waals surface area contributed by atoms with Crippen molar-refractivity contribution in [3.05, 3.63) is 0 Å². The van der Waals surface area contributed by atoms with Crippen LogP contribution in [0.15, 0.2) is 0 Å². The van der Waals surface area contributed by atoms with E-state index in [4.69, 9.17) is 16.2 Å². The highest BCUT2D eigenvalue weighted by atomic mass is 16.5. The van der Waals surface area contributed by atoms with Gasteiger partial charge >= 0.3 is 5.97 Å². The average molecular weight is 216 g/mol. The van der Waals surface area contributed by atoms with E-state index in [1.54, 1.807) is 0 Å². The number of hydrogen-bond donors (Lipinski definition) is 2. The van der Waals surface area contributed by atoms with E-state index in [9.17, 15) is 14.4 Å².